The highest BCUT2D eigenvalue weighted by Crippen LogP contribution is 2.35. The van der Waals surface area contributed by atoms with Crippen molar-refractivity contribution in [2.45, 2.75) is 63.6 Å². The molecule has 2 fully saturated rings. The summed E-state index contributed by atoms with van der Waals surface area (Å²) in [6.07, 6.45) is 6.91. The molecule has 1 saturated carbocycles. The van der Waals surface area contributed by atoms with Gasteiger partial charge >= 0.3 is 0 Å². The maximum absolute atomic E-state index is 3.42. The third kappa shape index (κ3) is 1.82. The number of likely N-dealkylation sites (tertiary alicyclic amines) is 1. The zero-order chi connectivity index (χ0) is 10.2. The van der Waals surface area contributed by atoms with Crippen LogP contribution in [0.2, 0.25) is 0 Å². The maximum atomic E-state index is 3.42. The van der Waals surface area contributed by atoms with Crippen LogP contribution in [-0.4, -0.2) is 36.1 Å². The highest BCUT2D eigenvalue weighted by atomic mass is 15.2. The van der Waals surface area contributed by atoms with Gasteiger partial charge in [0.15, 0.2) is 0 Å². The topological polar surface area (TPSA) is 15.3 Å². The molecule has 0 aromatic rings. The molecule has 2 heteroatoms. The smallest absolute Gasteiger partial charge is 0.0156 e. The quantitative estimate of drug-likeness (QED) is 0.726. The Hall–Kier alpha value is -0.0800. The summed E-state index contributed by atoms with van der Waals surface area (Å²) < 4.78 is 0. The molecule has 14 heavy (non-hydrogen) atoms. The highest BCUT2D eigenvalue weighted by Gasteiger charge is 2.39. The Morgan fingerprint density at radius 1 is 1.29 bits per heavy atom. The van der Waals surface area contributed by atoms with Gasteiger partial charge in [0.05, 0.1) is 0 Å². The SMILES string of the molecule is CNC1CCC(N2CCCC2(C)C)C1. The molecule has 0 aromatic carbocycles. The van der Waals surface area contributed by atoms with Crippen LogP contribution in [0.1, 0.15) is 46.0 Å². The minimum absolute atomic E-state index is 0.466. The van der Waals surface area contributed by atoms with Crippen LogP contribution >= 0.6 is 0 Å². The van der Waals surface area contributed by atoms with Gasteiger partial charge in [0.25, 0.3) is 0 Å². The van der Waals surface area contributed by atoms with Gasteiger partial charge in [-0.1, -0.05) is 0 Å². The molecule has 2 unspecified atom stereocenters. The van der Waals surface area contributed by atoms with Crippen LogP contribution < -0.4 is 5.32 Å². The van der Waals surface area contributed by atoms with E-state index in [2.05, 4.69) is 31.1 Å². The molecule has 1 N–H and O–H groups in total. The third-order valence-electron chi connectivity index (χ3n) is 4.22. The van der Waals surface area contributed by atoms with E-state index in [1.807, 2.05) is 0 Å². The summed E-state index contributed by atoms with van der Waals surface area (Å²) >= 11 is 0. The Kier molecular flexibility index (Phi) is 2.85. The second-order valence-electron chi connectivity index (χ2n) is 5.56. The fraction of sp³-hybridized carbons (Fsp3) is 1.00. The van der Waals surface area contributed by atoms with Crippen LogP contribution in [0.4, 0.5) is 0 Å². The lowest BCUT2D eigenvalue weighted by atomic mass is 10.00. The summed E-state index contributed by atoms with van der Waals surface area (Å²) in [4.78, 5) is 2.75. The molecule has 2 nitrogen and oxygen atoms in total. The zero-order valence-corrected chi connectivity index (χ0v) is 9.84. The molecule has 1 aliphatic carbocycles. The summed E-state index contributed by atoms with van der Waals surface area (Å²) in [5.41, 5.74) is 0.466. The molecule has 0 spiro atoms. The van der Waals surface area contributed by atoms with Gasteiger partial charge in [-0.15, -0.1) is 0 Å². The molecule has 0 amide bonds. The van der Waals surface area contributed by atoms with Crippen LogP contribution in [0, 0.1) is 0 Å². The monoisotopic (exact) mass is 196 g/mol. The molecule has 0 radical (unpaired) electrons. The largest absolute Gasteiger partial charge is 0.317 e. The maximum Gasteiger partial charge on any atom is 0.0156 e. The van der Waals surface area contributed by atoms with Crippen molar-refractivity contribution in [1.82, 2.24) is 10.2 Å². The fourth-order valence-corrected chi connectivity index (χ4v) is 3.31. The van der Waals surface area contributed by atoms with E-state index >= 15 is 0 Å². The van der Waals surface area contributed by atoms with E-state index in [1.165, 1.54) is 38.6 Å². The van der Waals surface area contributed by atoms with Crippen LogP contribution in [-0.2, 0) is 0 Å². The van der Waals surface area contributed by atoms with Crippen LogP contribution in [0.15, 0.2) is 0 Å². The number of hydrogen-bond acceptors (Lipinski definition) is 2. The lowest BCUT2D eigenvalue weighted by Crippen LogP contribution is -2.44. The molecular formula is C12H24N2. The lowest BCUT2D eigenvalue weighted by Gasteiger charge is -2.36. The summed E-state index contributed by atoms with van der Waals surface area (Å²) in [6, 6.07) is 1.63. The first kappa shape index (κ1) is 10.4. The van der Waals surface area contributed by atoms with E-state index in [9.17, 15) is 0 Å². The second-order valence-corrected chi connectivity index (χ2v) is 5.56. The minimum atomic E-state index is 0.466. The van der Waals surface area contributed by atoms with E-state index in [4.69, 9.17) is 0 Å². The van der Waals surface area contributed by atoms with E-state index in [0.29, 0.717) is 5.54 Å². The van der Waals surface area contributed by atoms with Crippen molar-refractivity contribution < 1.29 is 0 Å². The number of nitrogens with one attached hydrogen (secondary N) is 1. The van der Waals surface area contributed by atoms with Gasteiger partial charge in [0.1, 0.15) is 0 Å². The van der Waals surface area contributed by atoms with E-state index < -0.39 is 0 Å². The van der Waals surface area contributed by atoms with Crippen LogP contribution in [0.25, 0.3) is 0 Å². The third-order valence-corrected chi connectivity index (χ3v) is 4.22. The summed E-state index contributed by atoms with van der Waals surface area (Å²) in [7, 11) is 2.10. The van der Waals surface area contributed by atoms with Crippen molar-refractivity contribution in [3.05, 3.63) is 0 Å². The van der Waals surface area contributed by atoms with Crippen molar-refractivity contribution in [2.24, 2.45) is 0 Å². The molecule has 2 aliphatic rings. The summed E-state index contributed by atoms with van der Waals surface area (Å²) in [5.74, 6) is 0. The van der Waals surface area contributed by atoms with Gasteiger partial charge in [-0.2, -0.15) is 0 Å². The summed E-state index contributed by atoms with van der Waals surface area (Å²) in [5, 5.41) is 3.42. The molecule has 1 aliphatic heterocycles. The van der Waals surface area contributed by atoms with Gasteiger partial charge in [0.2, 0.25) is 0 Å². The molecule has 1 saturated heterocycles. The predicted molar refractivity (Wildman–Crippen MR) is 60.5 cm³/mol. The molecule has 2 atom stereocenters. The van der Waals surface area contributed by atoms with Crippen LogP contribution in [0.5, 0.6) is 0 Å². The molecule has 2 rings (SSSR count). The number of rotatable bonds is 2. The van der Waals surface area contributed by atoms with E-state index in [1.54, 1.807) is 0 Å². The Labute approximate surface area is 88.1 Å². The predicted octanol–water partition coefficient (Wildman–Crippen LogP) is 2.00. The average Bonchev–Trinajstić information content (AvgIpc) is 2.70. The van der Waals surface area contributed by atoms with E-state index in [-0.39, 0.29) is 0 Å². The molecule has 0 aromatic heterocycles. The molecule has 82 valence electrons. The van der Waals surface area contributed by atoms with Crippen molar-refractivity contribution >= 4 is 0 Å². The Morgan fingerprint density at radius 2 is 2.07 bits per heavy atom. The second kappa shape index (κ2) is 3.82. The van der Waals surface area contributed by atoms with Crippen molar-refractivity contribution in [3.63, 3.8) is 0 Å². The first-order chi connectivity index (χ1) is 6.63. The first-order valence-corrected chi connectivity index (χ1v) is 6.07. The van der Waals surface area contributed by atoms with Crippen molar-refractivity contribution in [2.75, 3.05) is 13.6 Å². The molecule has 1 heterocycles. The highest BCUT2D eigenvalue weighted by molar-refractivity contribution is 4.96. The Morgan fingerprint density at radius 3 is 2.57 bits per heavy atom. The zero-order valence-electron chi connectivity index (χ0n) is 9.84. The van der Waals surface area contributed by atoms with Crippen molar-refractivity contribution in [3.8, 4) is 0 Å². The van der Waals surface area contributed by atoms with Gasteiger partial charge in [-0.25, -0.2) is 0 Å². The standard InChI is InChI=1S/C12H24N2/c1-12(2)7-4-8-14(12)11-6-5-10(9-11)13-3/h10-11,13H,4-9H2,1-3H3. The summed E-state index contributed by atoms with van der Waals surface area (Å²) in [6.45, 7) is 6.15. The lowest BCUT2D eigenvalue weighted by molar-refractivity contribution is 0.116. The van der Waals surface area contributed by atoms with Gasteiger partial charge in [0, 0.05) is 17.6 Å². The Balaban J connectivity index is 1.96. The van der Waals surface area contributed by atoms with Crippen LogP contribution in [0.3, 0.4) is 0 Å². The first-order valence-electron chi connectivity index (χ1n) is 6.07. The van der Waals surface area contributed by atoms with Gasteiger partial charge in [-0.3, -0.25) is 4.90 Å². The van der Waals surface area contributed by atoms with E-state index in [0.717, 1.165) is 12.1 Å². The van der Waals surface area contributed by atoms with Gasteiger partial charge < -0.3 is 5.32 Å². The number of nitrogens with zero attached hydrogens (tertiary/aromatic N) is 1. The van der Waals surface area contributed by atoms with Gasteiger partial charge in [-0.05, 0) is 59.5 Å². The molecular weight excluding hydrogens is 172 g/mol. The van der Waals surface area contributed by atoms with Crippen molar-refractivity contribution in [1.29, 1.82) is 0 Å². The minimum Gasteiger partial charge on any atom is -0.317 e. The number of hydrogen-bond donors (Lipinski definition) is 1. The fourth-order valence-electron chi connectivity index (χ4n) is 3.31. The Bertz CT molecular complexity index is 200. The average molecular weight is 196 g/mol. The normalized spacial score (nSPS) is 37.9. The molecule has 0 bridgehead atoms.